The van der Waals surface area contributed by atoms with Crippen molar-refractivity contribution >= 4 is 29.8 Å². The molecule has 4 N–H and O–H groups in total. The van der Waals surface area contributed by atoms with Crippen LogP contribution in [0.25, 0.3) is 0 Å². The molecular weight excluding hydrogens is 628 g/mol. The molecule has 13 heteroatoms. The first-order valence-electron chi connectivity index (χ1n) is 16.0. The predicted octanol–water partition coefficient (Wildman–Crippen LogP) is 3.77. The van der Waals surface area contributed by atoms with Crippen molar-refractivity contribution < 1.29 is 63.3 Å². The van der Waals surface area contributed by atoms with Gasteiger partial charge in [-0.3, -0.25) is 9.59 Å². The van der Waals surface area contributed by atoms with E-state index in [2.05, 4.69) is 6.58 Å². The zero-order chi connectivity index (χ0) is 36.0. The standard InChI is InChI=1S/C35H46O13/c1-7-19(2)17-20(3)13-14-25(37)46-30-29(38)34(47-28(32(41)42)26(31(39)40)35(30,48-34)33(43)44)16-15-21(4)27(45-23(6)36)22(5)18-24-11-9-8-10-12-24/h8-14,19-20,22,26-30,38H,4,7,15-18H2,1-3,5-6H3,(H,39,40)(H,41,42)(H,43,44)/b14-13+/t19-,20+,22+,26+,27+,28+,29-,30-,34+,35+/m1/s1. The van der Waals surface area contributed by atoms with Crippen LogP contribution in [0.5, 0.6) is 0 Å². The fourth-order valence-corrected chi connectivity index (χ4v) is 6.56. The summed E-state index contributed by atoms with van der Waals surface area (Å²) in [5.41, 5.74) is -1.77. The maximum atomic E-state index is 13.0. The summed E-state index contributed by atoms with van der Waals surface area (Å²) in [6.07, 6.45) is -3.35. The Kier molecular flexibility index (Phi) is 12.7. The number of esters is 2. The molecule has 264 valence electrons. The van der Waals surface area contributed by atoms with Crippen molar-refractivity contribution in [3.8, 4) is 0 Å². The highest BCUT2D eigenvalue weighted by atomic mass is 16.8. The monoisotopic (exact) mass is 674 g/mol. The molecule has 2 fully saturated rings. The van der Waals surface area contributed by atoms with Crippen LogP contribution in [0, 0.1) is 23.7 Å². The second-order valence-electron chi connectivity index (χ2n) is 12.9. The van der Waals surface area contributed by atoms with Gasteiger partial charge in [0.1, 0.15) is 18.1 Å². The van der Waals surface area contributed by atoms with Crippen LogP contribution in [0.2, 0.25) is 0 Å². The van der Waals surface area contributed by atoms with Gasteiger partial charge in [0.15, 0.2) is 12.2 Å². The zero-order valence-electron chi connectivity index (χ0n) is 27.9. The van der Waals surface area contributed by atoms with E-state index in [-0.39, 0.29) is 18.3 Å². The SMILES string of the molecule is C=C(CC[C@]12O[C@H](C(=O)O)[C@@H](C(=O)O)[C@](C(=O)O)(O1)[C@H](OC(=O)/C=C/[C@H](C)C[C@H](C)CC)[C@H]2O)[C@H](OC(C)=O)[C@@H](C)Cc1ccccc1. The first-order chi connectivity index (χ1) is 22.5. The van der Waals surface area contributed by atoms with Gasteiger partial charge in [0.05, 0.1) is 0 Å². The molecule has 2 saturated heterocycles. The molecule has 48 heavy (non-hydrogen) atoms. The molecule has 0 aromatic heterocycles. The summed E-state index contributed by atoms with van der Waals surface area (Å²) in [5, 5.41) is 42.1. The van der Waals surface area contributed by atoms with Crippen LogP contribution in [0.1, 0.15) is 65.9 Å². The Balaban J connectivity index is 1.97. The van der Waals surface area contributed by atoms with Crippen molar-refractivity contribution in [2.75, 3.05) is 0 Å². The summed E-state index contributed by atoms with van der Waals surface area (Å²) in [7, 11) is 0. The van der Waals surface area contributed by atoms with Crippen LogP contribution in [0.3, 0.4) is 0 Å². The van der Waals surface area contributed by atoms with Crippen LogP contribution in [0.4, 0.5) is 0 Å². The Bertz CT molecular complexity index is 1390. The van der Waals surface area contributed by atoms with E-state index in [1.807, 2.05) is 58.0 Å². The van der Waals surface area contributed by atoms with Gasteiger partial charge in [-0.2, -0.15) is 0 Å². The molecular formula is C35H46O13. The van der Waals surface area contributed by atoms with Crippen molar-refractivity contribution in [1.29, 1.82) is 0 Å². The maximum Gasteiger partial charge on any atom is 0.341 e. The zero-order valence-corrected chi connectivity index (χ0v) is 27.9. The highest BCUT2D eigenvalue weighted by Crippen LogP contribution is 2.54. The van der Waals surface area contributed by atoms with Gasteiger partial charge in [-0.1, -0.05) is 77.1 Å². The topological polar surface area (TPSA) is 203 Å². The predicted molar refractivity (Wildman–Crippen MR) is 169 cm³/mol. The van der Waals surface area contributed by atoms with Crippen molar-refractivity contribution in [3.05, 3.63) is 60.2 Å². The third-order valence-corrected chi connectivity index (χ3v) is 9.12. The molecule has 0 unspecified atom stereocenters. The number of carbonyl (C=O) groups is 5. The van der Waals surface area contributed by atoms with Gasteiger partial charge in [-0.15, -0.1) is 0 Å². The van der Waals surface area contributed by atoms with E-state index in [4.69, 9.17) is 18.9 Å². The Hall–Kier alpha value is -4.07. The summed E-state index contributed by atoms with van der Waals surface area (Å²) >= 11 is 0. The molecule has 2 aliphatic heterocycles. The van der Waals surface area contributed by atoms with Crippen LogP contribution in [-0.4, -0.2) is 86.1 Å². The van der Waals surface area contributed by atoms with Crippen molar-refractivity contribution in [2.24, 2.45) is 23.7 Å². The molecule has 2 heterocycles. The molecule has 3 rings (SSSR count). The van der Waals surface area contributed by atoms with E-state index in [0.717, 1.165) is 24.5 Å². The number of benzene rings is 1. The second kappa shape index (κ2) is 15.9. The summed E-state index contributed by atoms with van der Waals surface area (Å²) in [6, 6.07) is 9.39. The van der Waals surface area contributed by atoms with E-state index in [0.29, 0.717) is 17.9 Å². The lowest BCUT2D eigenvalue weighted by atomic mass is 9.78. The number of rotatable bonds is 17. The van der Waals surface area contributed by atoms with E-state index < -0.39 is 78.0 Å². The fourth-order valence-electron chi connectivity index (χ4n) is 6.56. The quantitative estimate of drug-likeness (QED) is 0.106. The Morgan fingerprint density at radius 2 is 1.69 bits per heavy atom. The molecule has 0 saturated carbocycles. The first-order valence-corrected chi connectivity index (χ1v) is 16.0. The third-order valence-electron chi connectivity index (χ3n) is 9.12. The molecule has 1 aromatic carbocycles. The Morgan fingerprint density at radius 1 is 1.04 bits per heavy atom. The molecule has 0 spiro atoms. The minimum atomic E-state index is -3.05. The van der Waals surface area contributed by atoms with Gasteiger partial charge in [0, 0.05) is 25.3 Å². The van der Waals surface area contributed by atoms with Crippen LogP contribution in [-0.2, 0) is 49.3 Å². The van der Waals surface area contributed by atoms with Gasteiger partial charge in [-0.25, -0.2) is 14.4 Å². The van der Waals surface area contributed by atoms with Gasteiger partial charge in [0.25, 0.3) is 0 Å². The second-order valence-corrected chi connectivity index (χ2v) is 12.9. The summed E-state index contributed by atoms with van der Waals surface area (Å²) in [6.45, 7) is 13.1. The lowest BCUT2D eigenvalue weighted by Crippen LogP contribution is -2.66. The number of hydrogen-bond acceptors (Lipinski definition) is 10. The fraction of sp³-hybridized carbons (Fsp3) is 0.571. The Morgan fingerprint density at radius 3 is 2.23 bits per heavy atom. The van der Waals surface area contributed by atoms with Crippen molar-refractivity contribution in [1.82, 2.24) is 0 Å². The molecule has 13 nitrogen and oxygen atoms in total. The number of allylic oxidation sites excluding steroid dienone is 1. The van der Waals surface area contributed by atoms with E-state index >= 15 is 0 Å². The summed E-state index contributed by atoms with van der Waals surface area (Å²) in [4.78, 5) is 62.8. The van der Waals surface area contributed by atoms with Crippen molar-refractivity contribution in [2.45, 2.75) is 103 Å². The minimum absolute atomic E-state index is 0.0665. The van der Waals surface area contributed by atoms with E-state index in [1.165, 1.54) is 6.92 Å². The number of carboxylic acids is 3. The van der Waals surface area contributed by atoms with Gasteiger partial charge >= 0.3 is 29.8 Å². The lowest BCUT2D eigenvalue weighted by Gasteiger charge is -2.44. The smallest absolute Gasteiger partial charge is 0.341 e. The number of aliphatic hydroxyl groups excluding tert-OH is 1. The van der Waals surface area contributed by atoms with Crippen molar-refractivity contribution in [3.63, 3.8) is 0 Å². The van der Waals surface area contributed by atoms with E-state index in [1.54, 1.807) is 6.08 Å². The molecule has 2 bridgehead atoms. The molecule has 1 aromatic rings. The van der Waals surface area contributed by atoms with Gasteiger partial charge < -0.3 is 39.4 Å². The van der Waals surface area contributed by atoms with Crippen LogP contribution in [0.15, 0.2) is 54.6 Å². The lowest BCUT2D eigenvalue weighted by molar-refractivity contribution is -0.342. The molecule has 0 radical (unpaired) electrons. The highest BCUT2D eigenvalue weighted by Gasteiger charge is 2.79. The number of carboxylic acid groups (broad SMARTS) is 3. The number of carbonyl (C=O) groups excluding carboxylic acids is 2. The molecule has 0 aliphatic carbocycles. The third kappa shape index (κ3) is 8.31. The molecule has 10 atom stereocenters. The van der Waals surface area contributed by atoms with Gasteiger partial charge in [-0.05, 0) is 42.2 Å². The Labute approximate surface area is 279 Å². The normalized spacial score (nSPS) is 29.0. The maximum absolute atomic E-state index is 13.0. The first kappa shape index (κ1) is 38.4. The van der Waals surface area contributed by atoms with Gasteiger partial charge in [0.2, 0.25) is 11.4 Å². The van der Waals surface area contributed by atoms with Crippen LogP contribution < -0.4 is 0 Å². The average molecular weight is 675 g/mol. The highest BCUT2D eigenvalue weighted by molar-refractivity contribution is 5.93. The summed E-state index contributed by atoms with van der Waals surface area (Å²) < 4.78 is 22.5. The minimum Gasteiger partial charge on any atom is -0.481 e. The molecule has 0 amide bonds. The van der Waals surface area contributed by atoms with Crippen LogP contribution >= 0.6 is 0 Å². The largest absolute Gasteiger partial charge is 0.481 e. The average Bonchev–Trinajstić information content (AvgIpc) is 3.20. The molecule has 2 aliphatic rings. The number of aliphatic carboxylic acids is 3. The number of hydrogen-bond donors (Lipinski definition) is 4. The number of aliphatic hydroxyl groups is 1. The number of ether oxygens (including phenoxy) is 4. The summed E-state index contributed by atoms with van der Waals surface area (Å²) in [5.74, 6) is -12.3. The van der Waals surface area contributed by atoms with E-state index in [9.17, 15) is 44.4 Å². The number of fused-ring (bicyclic) bond motifs is 2.